The van der Waals surface area contributed by atoms with Crippen LogP contribution in [0.5, 0.6) is 0 Å². The van der Waals surface area contributed by atoms with Crippen LogP contribution >= 0.6 is 23.2 Å². The maximum Gasteiger partial charge on any atom is 0.291 e. The second-order valence-electron chi connectivity index (χ2n) is 6.39. The largest absolute Gasteiger partial charge is 0.451 e. The fourth-order valence-electron chi connectivity index (χ4n) is 3.10. The van der Waals surface area contributed by atoms with Gasteiger partial charge in [-0.25, -0.2) is 0 Å². The van der Waals surface area contributed by atoms with Gasteiger partial charge in [-0.2, -0.15) is 0 Å². The third-order valence-corrected chi connectivity index (χ3v) is 5.00. The second-order valence-corrected chi connectivity index (χ2v) is 7.26. The Labute approximate surface area is 172 Å². The molecule has 144 valence electrons. The summed E-state index contributed by atoms with van der Waals surface area (Å²) in [4.78, 5) is 14.9. The number of hydrogen-bond acceptors (Lipinski definition) is 4. The summed E-state index contributed by atoms with van der Waals surface area (Å²) in [5.74, 6) is 0.483. The molecule has 1 aromatic heterocycles. The molecule has 1 aliphatic heterocycles. The SMILES string of the molecule is O=C(Nc1cc(Cl)ccc1N1CCOCC1)c1ccc(-c2ccc(Cl)cc2)o1. The highest BCUT2D eigenvalue weighted by Gasteiger charge is 2.19. The number of carbonyl (C=O) groups is 1. The van der Waals surface area contributed by atoms with Crippen molar-refractivity contribution >= 4 is 40.5 Å². The number of ether oxygens (including phenoxy) is 1. The Morgan fingerprint density at radius 2 is 1.64 bits per heavy atom. The van der Waals surface area contributed by atoms with Gasteiger partial charge in [0.05, 0.1) is 24.6 Å². The number of anilines is 2. The molecular weight excluding hydrogens is 399 g/mol. The molecule has 1 aliphatic rings. The first-order chi connectivity index (χ1) is 13.6. The predicted molar refractivity (Wildman–Crippen MR) is 112 cm³/mol. The number of halogens is 2. The molecule has 0 spiro atoms. The van der Waals surface area contributed by atoms with Crippen molar-refractivity contribution in [1.82, 2.24) is 0 Å². The zero-order valence-corrected chi connectivity index (χ0v) is 16.5. The van der Waals surface area contributed by atoms with Crippen molar-refractivity contribution in [3.05, 3.63) is 70.4 Å². The molecule has 0 unspecified atom stereocenters. The van der Waals surface area contributed by atoms with Crippen LogP contribution in [0.2, 0.25) is 10.0 Å². The summed E-state index contributed by atoms with van der Waals surface area (Å²) < 4.78 is 11.1. The highest BCUT2D eigenvalue weighted by molar-refractivity contribution is 6.31. The molecule has 0 atom stereocenters. The zero-order valence-electron chi connectivity index (χ0n) is 15.0. The van der Waals surface area contributed by atoms with Gasteiger partial charge in [0.15, 0.2) is 5.76 Å². The number of furan rings is 1. The quantitative estimate of drug-likeness (QED) is 0.623. The van der Waals surface area contributed by atoms with Crippen LogP contribution in [0, 0.1) is 0 Å². The number of hydrogen-bond donors (Lipinski definition) is 1. The van der Waals surface area contributed by atoms with Crippen molar-refractivity contribution < 1.29 is 13.9 Å². The van der Waals surface area contributed by atoms with E-state index in [0.717, 1.165) is 24.3 Å². The van der Waals surface area contributed by atoms with Crippen molar-refractivity contribution in [3.8, 4) is 11.3 Å². The smallest absolute Gasteiger partial charge is 0.291 e. The average Bonchev–Trinajstić information content (AvgIpc) is 3.20. The minimum atomic E-state index is -0.336. The second kappa shape index (κ2) is 8.27. The number of carbonyl (C=O) groups excluding carboxylic acids is 1. The van der Waals surface area contributed by atoms with Gasteiger partial charge in [0.2, 0.25) is 0 Å². The first kappa shape index (κ1) is 18.9. The zero-order chi connectivity index (χ0) is 19.5. The van der Waals surface area contributed by atoms with E-state index in [0.29, 0.717) is 34.7 Å². The van der Waals surface area contributed by atoms with Gasteiger partial charge in [-0.3, -0.25) is 4.79 Å². The van der Waals surface area contributed by atoms with Gasteiger partial charge in [-0.1, -0.05) is 23.2 Å². The van der Waals surface area contributed by atoms with Crippen LogP contribution < -0.4 is 10.2 Å². The van der Waals surface area contributed by atoms with E-state index >= 15 is 0 Å². The lowest BCUT2D eigenvalue weighted by atomic mass is 10.2. The van der Waals surface area contributed by atoms with Gasteiger partial charge < -0.3 is 19.4 Å². The lowest BCUT2D eigenvalue weighted by molar-refractivity contribution is 0.0997. The molecule has 4 rings (SSSR count). The molecule has 1 N–H and O–H groups in total. The first-order valence-corrected chi connectivity index (χ1v) is 9.65. The minimum absolute atomic E-state index is 0.220. The van der Waals surface area contributed by atoms with E-state index in [4.69, 9.17) is 32.4 Å². The molecule has 0 radical (unpaired) electrons. The maximum atomic E-state index is 12.7. The Hall–Kier alpha value is -2.47. The third kappa shape index (κ3) is 4.17. The fourth-order valence-corrected chi connectivity index (χ4v) is 3.40. The van der Waals surface area contributed by atoms with Crippen molar-refractivity contribution in [2.75, 3.05) is 36.5 Å². The van der Waals surface area contributed by atoms with Gasteiger partial charge in [-0.05, 0) is 54.6 Å². The summed E-state index contributed by atoms with van der Waals surface area (Å²) in [5, 5.41) is 4.11. The summed E-state index contributed by atoms with van der Waals surface area (Å²) in [6.07, 6.45) is 0. The van der Waals surface area contributed by atoms with Crippen LogP contribution in [0.15, 0.2) is 59.0 Å². The molecule has 0 saturated carbocycles. The van der Waals surface area contributed by atoms with E-state index < -0.39 is 0 Å². The Morgan fingerprint density at radius 1 is 0.929 bits per heavy atom. The molecule has 0 aliphatic carbocycles. The molecule has 2 heterocycles. The number of amides is 1. The summed E-state index contributed by atoms with van der Waals surface area (Å²) in [6, 6.07) is 16.1. The normalized spacial score (nSPS) is 14.1. The first-order valence-electron chi connectivity index (χ1n) is 8.89. The van der Waals surface area contributed by atoms with Gasteiger partial charge in [0, 0.05) is 28.7 Å². The number of morpholine rings is 1. The van der Waals surface area contributed by atoms with Crippen molar-refractivity contribution in [1.29, 1.82) is 0 Å². The Kier molecular flexibility index (Phi) is 5.57. The van der Waals surface area contributed by atoms with E-state index in [1.165, 1.54) is 0 Å². The third-order valence-electron chi connectivity index (χ3n) is 4.52. The van der Waals surface area contributed by atoms with Crippen LogP contribution in [-0.2, 0) is 4.74 Å². The molecule has 7 heteroatoms. The highest BCUT2D eigenvalue weighted by atomic mass is 35.5. The highest BCUT2D eigenvalue weighted by Crippen LogP contribution is 2.31. The van der Waals surface area contributed by atoms with E-state index in [1.54, 1.807) is 30.3 Å². The van der Waals surface area contributed by atoms with Gasteiger partial charge in [0.25, 0.3) is 5.91 Å². The summed E-state index contributed by atoms with van der Waals surface area (Å²) in [5.41, 5.74) is 2.40. The van der Waals surface area contributed by atoms with Crippen LogP contribution in [0.3, 0.4) is 0 Å². The summed E-state index contributed by atoms with van der Waals surface area (Å²) >= 11 is 12.1. The fraction of sp³-hybridized carbons (Fsp3) is 0.190. The Morgan fingerprint density at radius 3 is 2.39 bits per heavy atom. The van der Waals surface area contributed by atoms with Crippen molar-refractivity contribution in [3.63, 3.8) is 0 Å². The lowest BCUT2D eigenvalue weighted by Gasteiger charge is -2.30. The standard InChI is InChI=1S/C21H18Cl2N2O3/c22-15-3-1-14(2-4-15)19-7-8-20(28-19)21(26)24-17-13-16(23)5-6-18(17)25-9-11-27-12-10-25/h1-8,13H,9-12H2,(H,24,26). The van der Waals surface area contributed by atoms with Crippen LogP contribution in [0.25, 0.3) is 11.3 Å². The lowest BCUT2D eigenvalue weighted by Crippen LogP contribution is -2.36. The Bertz CT molecular complexity index is 980. The molecule has 1 amide bonds. The van der Waals surface area contributed by atoms with Crippen molar-refractivity contribution in [2.45, 2.75) is 0 Å². The Balaban J connectivity index is 1.55. The topological polar surface area (TPSA) is 54.7 Å². The molecule has 0 bridgehead atoms. The molecule has 28 heavy (non-hydrogen) atoms. The number of nitrogens with zero attached hydrogens (tertiary/aromatic N) is 1. The van der Waals surface area contributed by atoms with E-state index in [9.17, 15) is 4.79 Å². The summed E-state index contributed by atoms with van der Waals surface area (Å²) in [6.45, 7) is 2.81. The molecule has 1 saturated heterocycles. The van der Waals surface area contributed by atoms with Crippen molar-refractivity contribution in [2.24, 2.45) is 0 Å². The molecule has 3 aromatic rings. The average molecular weight is 417 g/mol. The molecule has 5 nitrogen and oxygen atoms in total. The van der Waals surface area contributed by atoms with Gasteiger partial charge >= 0.3 is 0 Å². The number of benzene rings is 2. The van der Waals surface area contributed by atoms with Gasteiger partial charge in [-0.15, -0.1) is 0 Å². The number of nitrogens with one attached hydrogen (secondary N) is 1. The monoisotopic (exact) mass is 416 g/mol. The van der Waals surface area contributed by atoms with Crippen LogP contribution in [-0.4, -0.2) is 32.2 Å². The predicted octanol–water partition coefficient (Wildman–Crippen LogP) is 5.34. The van der Waals surface area contributed by atoms with E-state index in [-0.39, 0.29) is 11.7 Å². The van der Waals surface area contributed by atoms with Gasteiger partial charge in [0.1, 0.15) is 5.76 Å². The number of rotatable bonds is 4. The van der Waals surface area contributed by atoms with E-state index in [2.05, 4.69) is 10.2 Å². The maximum absolute atomic E-state index is 12.7. The molecule has 1 fully saturated rings. The molecular formula is C21H18Cl2N2O3. The van der Waals surface area contributed by atoms with Crippen LogP contribution in [0.1, 0.15) is 10.6 Å². The van der Waals surface area contributed by atoms with E-state index in [1.807, 2.05) is 24.3 Å². The minimum Gasteiger partial charge on any atom is -0.451 e. The van der Waals surface area contributed by atoms with Crippen LogP contribution in [0.4, 0.5) is 11.4 Å². The summed E-state index contributed by atoms with van der Waals surface area (Å²) in [7, 11) is 0. The molecule has 2 aromatic carbocycles.